The zero-order valence-electron chi connectivity index (χ0n) is 14.1. The average Bonchev–Trinajstić information content (AvgIpc) is 2.63. The van der Waals surface area contributed by atoms with Crippen LogP contribution in [-0.4, -0.2) is 0 Å². The van der Waals surface area contributed by atoms with Crippen molar-refractivity contribution in [2.45, 2.75) is 44.9 Å². The highest BCUT2D eigenvalue weighted by Crippen LogP contribution is 2.37. The van der Waals surface area contributed by atoms with Gasteiger partial charge in [-0.1, -0.05) is 49.4 Å². The van der Waals surface area contributed by atoms with E-state index in [9.17, 15) is 8.78 Å². The summed E-state index contributed by atoms with van der Waals surface area (Å²) in [7, 11) is 0. The summed E-state index contributed by atoms with van der Waals surface area (Å²) in [5.74, 6) is -0.239. The molecule has 0 bridgehead atoms. The number of halogens is 2. The minimum atomic E-state index is -0.802. The summed E-state index contributed by atoms with van der Waals surface area (Å²) >= 11 is 0. The maximum atomic E-state index is 13.4. The van der Waals surface area contributed by atoms with Gasteiger partial charge in [-0.15, -0.1) is 0 Å². The third-order valence-corrected chi connectivity index (χ3v) is 5.05. The summed E-state index contributed by atoms with van der Waals surface area (Å²) < 4.78 is 26.4. The van der Waals surface area contributed by atoms with Crippen LogP contribution in [0.2, 0.25) is 0 Å². The molecule has 0 spiro atoms. The van der Waals surface area contributed by atoms with Crippen molar-refractivity contribution in [2.24, 2.45) is 5.92 Å². The van der Waals surface area contributed by atoms with Gasteiger partial charge in [0.2, 0.25) is 0 Å². The van der Waals surface area contributed by atoms with Crippen LogP contribution in [0.25, 0.3) is 11.1 Å². The minimum absolute atomic E-state index is 0.621. The molecule has 0 unspecified atom stereocenters. The molecule has 0 aliphatic heterocycles. The van der Waals surface area contributed by atoms with E-state index in [1.54, 1.807) is 6.07 Å². The predicted octanol–water partition coefficient (Wildman–Crippen LogP) is 6.87. The fourth-order valence-electron chi connectivity index (χ4n) is 3.60. The van der Waals surface area contributed by atoms with Crippen LogP contribution in [-0.2, 0) is 0 Å². The molecule has 0 radical (unpaired) electrons. The molecule has 1 aliphatic rings. The number of hydrogen-bond acceptors (Lipinski definition) is 0. The first-order chi connectivity index (χ1) is 11.7. The Hall–Kier alpha value is -1.96. The fraction of sp³-hybridized carbons (Fsp3) is 0.364. The predicted molar refractivity (Wildman–Crippen MR) is 95.9 cm³/mol. The van der Waals surface area contributed by atoms with Crippen molar-refractivity contribution in [3.63, 3.8) is 0 Å². The zero-order valence-corrected chi connectivity index (χ0v) is 14.1. The van der Waals surface area contributed by atoms with E-state index < -0.39 is 11.6 Å². The van der Waals surface area contributed by atoms with Crippen molar-refractivity contribution in [3.05, 3.63) is 71.8 Å². The van der Waals surface area contributed by atoms with Gasteiger partial charge in [0.1, 0.15) is 0 Å². The monoisotopic (exact) mass is 326 g/mol. The third kappa shape index (κ3) is 3.92. The Morgan fingerprint density at radius 1 is 0.875 bits per heavy atom. The number of hydrogen-bond donors (Lipinski definition) is 0. The van der Waals surface area contributed by atoms with E-state index in [-0.39, 0.29) is 0 Å². The Labute approximate surface area is 143 Å². The molecule has 2 aromatic rings. The van der Waals surface area contributed by atoms with Crippen LogP contribution in [0.5, 0.6) is 0 Å². The summed E-state index contributed by atoms with van der Waals surface area (Å²) in [6.45, 7) is 2.18. The molecular formula is C22H24F2. The molecular weight excluding hydrogens is 302 g/mol. The molecule has 24 heavy (non-hydrogen) atoms. The number of allylic oxidation sites excluding steroid dienone is 2. The van der Waals surface area contributed by atoms with Gasteiger partial charge in [0.15, 0.2) is 11.6 Å². The van der Waals surface area contributed by atoms with Crippen LogP contribution in [0.15, 0.2) is 54.6 Å². The summed E-state index contributed by atoms with van der Waals surface area (Å²) in [6.07, 6.45) is 10.7. The van der Waals surface area contributed by atoms with Gasteiger partial charge in [0.05, 0.1) is 0 Å². The third-order valence-electron chi connectivity index (χ3n) is 5.05. The maximum absolute atomic E-state index is 13.4. The molecule has 0 amide bonds. The molecule has 3 rings (SSSR count). The van der Waals surface area contributed by atoms with Crippen LogP contribution >= 0.6 is 0 Å². The highest BCUT2D eigenvalue weighted by atomic mass is 19.2. The van der Waals surface area contributed by atoms with Crippen molar-refractivity contribution in [2.75, 3.05) is 0 Å². The molecule has 1 fully saturated rings. The molecule has 2 heteroatoms. The van der Waals surface area contributed by atoms with Crippen molar-refractivity contribution >= 4 is 0 Å². The van der Waals surface area contributed by atoms with Gasteiger partial charge in [0, 0.05) is 0 Å². The maximum Gasteiger partial charge on any atom is 0.159 e. The van der Waals surface area contributed by atoms with Crippen LogP contribution in [0.3, 0.4) is 0 Å². The van der Waals surface area contributed by atoms with E-state index in [4.69, 9.17) is 0 Å². The quantitative estimate of drug-likeness (QED) is 0.538. The van der Waals surface area contributed by atoms with Crippen LogP contribution in [0.1, 0.15) is 50.5 Å². The van der Waals surface area contributed by atoms with Crippen molar-refractivity contribution in [1.82, 2.24) is 0 Å². The first-order valence-electron chi connectivity index (χ1n) is 8.89. The standard InChI is InChI=1S/C22H24F2/c1-2-3-4-16-5-7-17(8-6-16)18-9-11-19(12-10-18)20-13-14-21(23)22(24)15-20/h3-4,9-17H,2,5-8H2,1H3/b4-3+. The van der Waals surface area contributed by atoms with E-state index in [0.29, 0.717) is 11.5 Å². The molecule has 126 valence electrons. The highest BCUT2D eigenvalue weighted by molar-refractivity contribution is 5.63. The lowest BCUT2D eigenvalue weighted by Crippen LogP contribution is -2.11. The van der Waals surface area contributed by atoms with E-state index in [2.05, 4.69) is 31.2 Å². The second-order valence-corrected chi connectivity index (χ2v) is 6.70. The van der Waals surface area contributed by atoms with Crippen LogP contribution in [0.4, 0.5) is 8.78 Å². The molecule has 0 aromatic heterocycles. The lowest BCUT2D eigenvalue weighted by molar-refractivity contribution is 0.375. The van der Waals surface area contributed by atoms with Gasteiger partial charge in [-0.3, -0.25) is 0 Å². The van der Waals surface area contributed by atoms with Gasteiger partial charge in [-0.05, 0) is 72.8 Å². The molecule has 0 atom stereocenters. The zero-order chi connectivity index (χ0) is 16.9. The molecule has 2 aromatic carbocycles. The van der Waals surface area contributed by atoms with Crippen LogP contribution in [0, 0.1) is 17.6 Å². The Kier molecular flexibility index (Phi) is 5.44. The number of benzene rings is 2. The van der Waals surface area contributed by atoms with Gasteiger partial charge in [0.25, 0.3) is 0 Å². The molecule has 0 N–H and O–H groups in total. The van der Waals surface area contributed by atoms with Gasteiger partial charge in [-0.2, -0.15) is 0 Å². The lowest BCUT2D eigenvalue weighted by atomic mass is 9.78. The summed E-state index contributed by atoms with van der Waals surface area (Å²) in [5.41, 5.74) is 3.00. The Bertz CT molecular complexity index is 692. The normalized spacial score (nSPS) is 21.3. The van der Waals surface area contributed by atoms with Gasteiger partial charge >= 0.3 is 0 Å². The van der Waals surface area contributed by atoms with Crippen molar-refractivity contribution in [3.8, 4) is 11.1 Å². The fourth-order valence-corrected chi connectivity index (χ4v) is 3.60. The first-order valence-corrected chi connectivity index (χ1v) is 8.89. The smallest absolute Gasteiger partial charge is 0.159 e. The summed E-state index contributed by atoms with van der Waals surface area (Å²) in [6, 6.07) is 12.4. The Balaban J connectivity index is 1.67. The SMILES string of the molecule is CC/C=C/C1CCC(c2ccc(-c3ccc(F)c(F)c3)cc2)CC1. The van der Waals surface area contributed by atoms with E-state index in [1.165, 1.54) is 43.4 Å². The topological polar surface area (TPSA) is 0 Å². The molecule has 0 heterocycles. The second kappa shape index (κ2) is 7.74. The number of rotatable bonds is 4. The van der Waals surface area contributed by atoms with Crippen molar-refractivity contribution in [1.29, 1.82) is 0 Å². The molecule has 1 aliphatic carbocycles. The minimum Gasteiger partial charge on any atom is -0.204 e. The summed E-state index contributed by atoms with van der Waals surface area (Å²) in [5, 5.41) is 0. The Morgan fingerprint density at radius 2 is 1.54 bits per heavy atom. The van der Waals surface area contributed by atoms with E-state index in [0.717, 1.165) is 17.9 Å². The Morgan fingerprint density at radius 3 is 2.17 bits per heavy atom. The first kappa shape index (κ1) is 16.9. The van der Waals surface area contributed by atoms with E-state index in [1.807, 2.05) is 12.1 Å². The molecule has 1 saturated carbocycles. The lowest BCUT2D eigenvalue weighted by Gasteiger charge is -2.27. The molecule has 0 saturated heterocycles. The van der Waals surface area contributed by atoms with Crippen molar-refractivity contribution < 1.29 is 8.78 Å². The van der Waals surface area contributed by atoms with Gasteiger partial charge < -0.3 is 0 Å². The van der Waals surface area contributed by atoms with Crippen LogP contribution < -0.4 is 0 Å². The molecule has 0 nitrogen and oxygen atoms in total. The summed E-state index contributed by atoms with van der Waals surface area (Å²) in [4.78, 5) is 0. The van der Waals surface area contributed by atoms with E-state index >= 15 is 0 Å². The van der Waals surface area contributed by atoms with Gasteiger partial charge in [-0.25, -0.2) is 8.78 Å². The average molecular weight is 326 g/mol. The largest absolute Gasteiger partial charge is 0.204 e. The second-order valence-electron chi connectivity index (χ2n) is 6.70. The highest BCUT2D eigenvalue weighted by Gasteiger charge is 2.20.